The molecule has 0 saturated carbocycles. The smallest absolute Gasteiger partial charge is 0.172 e. The van der Waals surface area contributed by atoms with Crippen molar-refractivity contribution >= 4 is 15.9 Å². The second kappa shape index (κ2) is 5.32. The minimum absolute atomic E-state index is 0.0152. The fourth-order valence-corrected chi connectivity index (χ4v) is 1.85. The van der Waals surface area contributed by atoms with Crippen LogP contribution in [0.2, 0.25) is 0 Å². The van der Waals surface area contributed by atoms with Gasteiger partial charge in [-0.15, -0.1) is 0 Å². The third kappa shape index (κ3) is 2.60. The lowest BCUT2D eigenvalue weighted by Gasteiger charge is -2.10. The van der Waals surface area contributed by atoms with E-state index in [1.807, 2.05) is 0 Å². The van der Waals surface area contributed by atoms with Crippen molar-refractivity contribution < 1.29 is 19.3 Å². The Bertz CT molecular complexity index is 355. The monoisotopic (exact) mass is 278 g/mol. The van der Waals surface area contributed by atoms with Crippen molar-refractivity contribution in [1.29, 1.82) is 0 Å². The van der Waals surface area contributed by atoms with E-state index in [-0.39, 0.29) is 22.6 Å². The molecule has 0 aromatic heterocycles. The summed E-state index contributed by atoms with van der Waals surface area (Å²) in [5.74, 6) is -0.482. The molecule has 15 heavy (non-hydrogen) atoms. The number of ether oxygens (including phenoxy) is 1. The van der Waals surface area contributed by atoms with Crippen molar-refractivity contribution in [2.45, 2.75) is 12.8 Å². The van der Waals surface area contributed by atoms with Crippen LogP contribution in [-0.2, 0) is 6.42 Å². The maximum atomic E-state index is 13.5. The fourth-order valence-electron chi connectivity index (χ4n) is 1.27. The molecule has 5 heteroatoms. The number of aliphatic hydroxyl groups is 1. The third-order valence-electron chi connectivity index (χ3n) is 2.06. The summed E-state index contributed by atoms with van der Waals surface area (Å²) >= 11 is 3.10. The summed E-state index contributed by atoms with van der Waals surface area (Å²) in [4.78, 5) is 0. The lowest BCUT2D eigenvalue weighted by atomic mass is 10.1. The number of aromatic hydroxyl groups is 1. The average Bonchev–Trinajstić information content (AvgIpc) is 2.23. The van der Waals surface area contributed by atoms with Crippen molar-refractivity contribution in [2.75, 3.05) is 13.7 Å². The van der Waals surface area contributed by atoms with Crippen LogP contribution in [0.5, 0.6) is 11.5 Å². The SMILES string of the molecule is COc1cc(F)c(CCCO)c(Br)c1O. The van der Waals surface area contributed by atoms with E-state index in [9.17, 15) is 9.50 Å². The Labute approximate surface area is 95.6 Å². The zero-order valence-corrected chi connectivity index (χ0v) is 9.84. The van der Waals surface area contributed by atoms with Crippen molar-refractivity contribution in [3.05, 3.63) is 21.9 Å². The molecular formula is C10H12BrFO3. The zero-order valence-electron chi connectivity index (χ0n) is 8.26. The quantitative estimate of drug-likeness (QED) is 0.888. The molecule has 0 unspecified atom stereocenters. The molecule has 0 saturated heterocycles. The molecular weight excluding hydrogens is 267 g/mol. The molecule has 0 bridgehead atoms. The molecule has 0 heterocycles. The summed E-state index contributed by atoms with van der Waals surface area (Å²) in [5, 5.41) is 18.3. The van der Waals surface area contributed by atoms with E-state index in [1.165, 1.54) is 7.11 Å². The lowest BCUT2D eigenvalue weighted by molar-refractivity contribution is 0.287. The standard InChI is InChI=1S/C10H12BrFO3/c1-15-8-5-7(12)6(3-2-4-13)9(11)10(8)14/h5,13-14H,2-4H2,1H3. The number of hydrogen-bond acceptors (Lipinski definition) is 3. The van der Waals surface area contributed by atoms with Crippen molar-refractivity contribution in [1.82, 2.24) is 0 Å². The molecule has 0 aliphatic heterocycles. The lowest BCUT2D eigenvalue weighted by Crippen LogP contribution is -1.97. The highest BCUT2D eigenvalue weighted by atomic mass is 79.9. The summed E-state index contributed by atoms with van der Waals surface area (Å²) in [5.41, 5.74) is 0.349. The van der Waals surface area contributed by atoms with Crippen LogP contribution in [0.25, 0.3) is 0 Å². The van der Waals surface area contributed by atoms with Crippen LogP contribution in [0, 0.1) is 5.82 Å². The molecule has 0 aliphatic rings. The summed E-state index contributed by atoms with van der Waals surface area (Å²) in [6, 6.07) is 1.13. The van der Waals surface area contributed by atoms with Gasteiger partial charge in [-0.05, 0) is 28.8 Å². The first-order chi connectivity index (χ1) is 7.11. The van der Waals surface area contributed by atoms with Gasteiger partial charge < -0.3 is 14.9 Å². The first-order valence-corrected chi connectivity index (χ1v) is 5.25. The van der Waals surface area contributed by atoms with Gasteiger partial charge in [-0.2, -0.15) is 0 Å². The number of methoxy groups -OCH3 is 1. The second-order valence-corrected chi connectivity index (χ2v) is 3.82. The Kier molecular flexibility index (Phi) is 4.35. The van der Waals surface area contributed by atoms with E-state index in [0.29, 0.717) is 18.4 Å². The van der Waals surface area contributed by atoms with Crippen LogP contribution >= 0.6 is 15.9 Å². The molecule has 0 fully saturated rings. The van der Waals surface area contributed by atoms with E-state index in [0.717, 1.165) is 6.07 Å². The van der Waals surface area contributed by atoms with E-state index in [4.69, 9.17) is 9.84 Å². The van der Waals surface area contributed by atoms with Gasteiger partial charge in [0, 0.05) is 18.2 Å². The Balaban J connectivity index is 3.11. The maximum absolute atomic E-state index is 13.5. The maximum Gasteiger partial charge on any atom is 0.172 e. The van der Waals surface area contributed by atoms with Crippen LogP contribution < -0.4 is 4.74 Å². The van der Waals surface area contributed by atoms with Gasteiger partial charge in [0.25, 0.3) is 0 Å². The number of phenols is 1. The summed E-state index contributed by atoms with van der Waals surface area (Å²) in [6.45, 7) is -0.0152. The summed E-state index contributed by atoms with van der Waals surface area (Å²) in [7, 11) is 1.36. The molecule has 0 spiro atoms. The van der Waals surface area contributed by atoms with Crippen LogP contribution in [0.4, 0.5) is 4.39 Å². The van der Waals surface area contributed by atoms with Crippen molar-refractivity contribution in [3.8, 4) is 11.5 Å². The molecule has 0 amide bonds. The molecule has 1 aromatic carbocycles. The van der Waals surface area contributed by atoms with Gasteiger partial charge in [-0.1, -0.05) is 0 Å². The van der Waals surface area contributed by atoms with E-state index >= 15 is 0 Å². The highest BCUT2D eigenvalue weighted by molar-refractivity contribution is 9.10. The highest BCUT2D eigenvalue weighted by Crippen LogP contribution is 2.38. The highest BCUT2D eigenvalue weighted by Gasteiger charge is 2.15. The van der Waals surface area contributed by atoms with Crippen LogP contribution in [-0.4, -0.2) is 23.9 Å². The predicted octanol–water partition coefficient (Wildman–Crippen LogP) is 2.23. The van der Waals surface area contributed by atoms with Gasteiger partial charge in [-0.3, -0.25) is 0 Å². The van der Waals surface area contributed by atoms with Gasteiger partial charge >= 0.3 is 0 Å². The Morgan fingerprint density at radius 2 is 2.20 bits per heavy atom. The largest absolute Gasteiger partial charge is 0.503 e. The fraction of sp³-hybridized carbons (Fsp3) is 0.400. The van der Waals surface area contributed by atoms with Crippen LogP contribution in [0.1, 0.15) is 12.0 Å². The first kappa shape index (κ1) is 12.3. The second-order valence-electron chi connectivity index (χ2n) is 3.03. The molecule has 0 aliphatic carbocycles. The Hall–Kier alpha value is -0.810. The molecule has 2 N–H and O–H groups in total. The summed E-state index contributed by atoms with van der Waals surface area (Å²) in [6.07, 6.45) is 0.807. The minimum Gasteiger partial charge on any atom is -0.503 e. The number of benzene rings is 1. The van der Waals surface area contributed by atoms with Gasteiger partial charge in [0.1, 0.15) is 5.82 Å². The normalized spacial score (nSPS) is 10.4. The zero-order chi connectivity index (χ0) is 11.4. The molecule has 3 nitrogen and oxygen atoms in total. The minimum atomic E-state index is -0.454. The van der Waals surface area contributed by atoms with Crippen molar-refractivity contribution in [2.24, 2.45) is 0 Å². The van der Waals surface area contributed by atoms with Gasteiger partial charge in [0.05, 0.1) is 11.6 Å². The average molecular weight is 279 g/mol. The molecule has 0 radical (unpaired) electrons. The Morgan fingerprint density at radius 1 is 1.53 bits per heavy atom. The summed E-state index contributed by atoms with van der Waals surface area (Å²) < 4.78 is 18.6. The van der Waals surface area contributed by atoms with E-state index in [1.54, 1.807) is 0 Å². The number of aliphatic hydroxyl groups excluding tert-OH is 1. The molecule has 84 valence electrons. The number of halogens is 2. The molecule has 1 rings (SSSR count). The van der Waals surface area contributed by atoms with Crippen molar-refractivity contribution in [3.63, 3.8) is 0 Å². The topological polar surface area (TPSA) is 49.7 Å². The van der Waals surface area contributed by atoms with E-state index in [2.05, 4.69) is 15.9 Å². The molecule has 1 aromatic rings. The van der Waals surface area contributed by atoms with Gasteiger partial charge in [0.15, 0.2) is 11.5 Å². The molecule has 0 atom stereocenters. The van der Waals surface area contributed by atoms with Crippen LogP contribution in [0.15, 0.2) is 10.5 Å². The number of phenolic OH excluding ortho intramolecular Hbond substituents is 1. The predicted molar refractivity (Wildman–Crippen MR) is 57.7 cm³/mol. The third-order valence-corrected chi connectivity index (χ3v) is 2.91. The van der Waals surface area contributed by atoms with Crippen LogP contribution in [0.3, 0.4) is 0 Å². The van der Waals surface area contributed by atoms with Gasteiger partial charge in [-0.25, -0.2) is 4.39 Å². The number of hydrogen-bond donors (Lipinski definition) is 2. The van der Waals surface area contributed by atoms with E-state index < -0.39 is 5.82 Å². The first-order valence-electron chi connectivity index (χ1n) is 4.46. The number of rotatable bonds is 4. The van der Waals surface area contributed by atoms with Gasteiger partial charge in [0.2, 0.25) is 0 Å². The Morgan fingerprint density at radius 3 is 2.73 bits per heavy atom.